The van der Waals surface area contributed by atoms with Crippen LogP contribution in [0.3, 0.4) is 0 Å². The Bertz CT molecular complexity index is 29.1. The van der Waals surface area contributed by atoms with E-state index in [9.17, 15) is 0 Å². The molecular weight excluding hydrogens is 151 g/mol. The van der Waals surface area contributed by atoms with Gasteiger partial charge in [0.15, 0.2) is 0 Å². The van der Waals surface area contributed by atoms with Crippen LogP contribution in [0, 0.1) is 5.92 Å². The number of rotatable bonds is 2. The van der Waals surface area contributed by atoms with Gasteiger partial charge in [-0.05, 0) is 5.92 Å². The van der Waals surface area contributed by atoms with Crippen LogP contribution in [0.5, 0.6) is 0 Å². The number of unbranched alkanes of at least 4 members (excludes halogenated alkanes) is 2. The Hall–Kier alpha value is 0.430. The topological polar surface area (TPSA) is 0 Å². The highest BCUT2D eigenvalue weighted by atomic mass is 31.0. The van der Waals surface area contributed by atoms with Crippen molar-refractivity contribution in [2.75, 3.05) is 6.66 Å². The lowest BCUT2D eigenvalue weighted by Gasteiger charge is -1.79. The number of hydrogen-bond acceptors (Lipinski definition) is 0. The lowest BCUT2D eigenvalue weighted by atomic mass is 10.3. The molecule has 0 aliphatic carbocycles. The van der Waals surface area contributed by atoms with E-state index in [2.05, 4.69) is 43.9 Å². The molecule has 0 nitrogen and oxygen atoms in total. The van der Waals surface area contributed by atoms with E-state index in [4.69, 9.17) is 0 Å². The quantitative estimate of drug-likeness (QED) is 0.551. The van der Waals surface area contributed by atoms with E-state index >= 15 is 0 Å². The summed E-state index contributed by atoms with van der Waals surface area (Å²) in [5.74, 6) is 0.833. The lowest BCUT2D eigenvalue weighted by Crippen LogP contribution is -1.66. The third-order valence-corrected chi connectivity index (χ3v) is 0.707. The Kier molecular flexibility index (Phi) is 35.7. The summed E-state index contributed by atoms with van der Waals surface area (Å²) >= 11 is 0. The smallest absolute Gasteiger partial charge is 0.0500 e. The van der Waals surface area contributed by atoms with Gasteiger partial charge in [0.1, 0.15) is 0 Å². The zero-order valence-corrected chi connectivity index (χ0v) is 10.4. The molecule has 0 bridgehead atoms. The van der Waals surface area contributed by atoms with Crippen molar-refractivity contribution in [3.63, 3.8) is 0 Å². The van der Waals surface area contributed by atoms with Gasteiger partial charge in [0.05, 0.1) is 0 Å². The second-order valence-electron chi connectivity index (χ2n) is 3.09. The van der Waals surface area contributed by atoms with Crippen LogP contribution in [-0.4, -0.2) is 6.66 Å². The first-order chi connectivity index (χ1) is 5.15. The van der Waals surface area contributed by atoms with Crippen molar-refractivity contribution < 1.29 is 0 Å². The van der Waals surface area contributed by atoms with Crippen LogP contribution in [0.15, 0.2) is 0 Å². The predicted molar refractivity (Wildman–Crippen MR) is 61.3 cm³/mol. The summed E-state index contributed by atoms with van der Waals surface area (Å²) < 4.78 is 0. The maximum atomic E-state index is 2.42. The van der Waals surface area contributed by atoms with E-state index in [0.29, 0.717) is 0 Å². The molecule has 0 fully saturated rings. The normalized spacial score (nSPS) is 7.64. The van der Waals surface area contributed by atoms with Crippen molar-refractivity contribution in [2.24, 2.45) is 5.92 Å². The molecule has 1 heteroatoms. The number of hydrogen-bond donors (Lipinski definition) is 0. The van der Waals surface area contributed by atoms with Gasteiger partial charge in [-0.2, -0.15) is 0 Å². The summed E-state index contributed by atoms with van der Waals surface area (Å²) in [5, 5.41) is 0. The third-order valence-electron chi connectivity index (χ3n) is 0.707. The Morgan fingerprint density at radius 2 is 1.09 bits per heavy atom. The van der Waals surface area contributed by atoms with Gasteiger partial charge in [0, 0.05) is 0 Å². The van der Waals surface area contributed by atoms with Crippen molar-refractivity contribution in [3.05, 3.63) is 0 Å². The second kappa shape index (κ2) is 22.4. The predicted octanol–water partition coefficient (Wildman–Crippen LogP) is 4.35. The van der Waals surface area contributed by atoms with E-state index in [0.717, 1.165) is 5.92 Å². The molecule has 11 heavy (non-hydrogen) atoms. The fourth-order valence-corrected chi connectivity index (χ4v) is 0.354. The maximum absolute atomic E-state index is 2.42. The van der Waals surface area contributed by atoms with E-state index in [1.165, 1.54) is 19.3 Å². The van der Waals surface area contributed by atoms with Crippen LogP contribution in [0.25, 0.3) is 0 Å². The molecular formula is C10H27P. The first-order valence-electron chi connectivity index (χ1n) is 4.72. The first-order valence-corrected chi connectivity index (χ1v) is 5.88. The molecule has 0 aliphatic rings. The van der Waals surface area contributed by atoms with Crippen LogP contribution in [0.1, 0.15) is 53.9 Å². The Morgan fingerprint density at radius 3 is 1.09 bits per heavy atom. The first kappa shape index (κ1) is 17.5. The van der Waals surface area contributed by atoms with Crippen molar-refractivity contribution in [3.8, 4) is 0 Å². The highest BCUT2D eigenvalue weighted by Gasteiger charge is 1.68. The van der Waals surface area contributed by atoms with Gasteiger partial charge in [0.25, 0.3) is 0 Å². The zero-order valence-electron chi connectivity index (χ0n) is 9.28. The molecule has 0 N–H and O–H groups in total. The monoisotopic (exact) mass is 178 g/mol. The van der Waals surface area contributed by atoms with Crippen molar-refractivity contribution >= 4 is 9.24 Å². The van der Waals surface area contributed by atoms with Crippen LogP contribution < -0.4 is 0 Å². The summed E-state index contributed by atoms with van der Waals surface area (Å²) in [5.41, 5.74) is 0. The highest BCUT2D eigenvalue weighted by molar-refractivity contribution is 7.15. The van der Waals surface area contributed by atoms with Gasteiger partial charge >= 0.3 is 0 Å². The molecule has 1 atom stereocenters. The van der Waals surface area contributed by atoms with E-state index in [1.54, 1.807) is 0 Å². The molecule has 0 aliphatic heterocycles. The largest absolute Gasteiger partial charge is 0.141 e. The Morgan fingerprint density at radius 1 is 0.909 bits per heavy atom. The highest BCUT2D eigenvalue weighted by Crippen LogP contribution is 1.88. The van der Waals surface area contributed by atoms with Gasteiger partial charge in [0.2, 0.25) is 0 Å². The van der Waals surface area contributed by atoms with Gasteiger partial charge in [-0.1, -0.05) is 60.5 Å². The second-order valence-corrected chi connectivity index (χ2v) is 3.09. The van der Waals surface area contributed by atoms with Crippen LogP contribution >= 0.6 is 9.24 Å². The van der Waals surface area contributed by atoms with Gasteiger partial charge in [-0.15, -0.1) is 9.24 Å². The average Bonchev–Trinajstić information content (AvgIpc) is 1.93. The van der Waals surface area contributed by atoms with Gasteiger partial charge in [-0.3, -0.25) is 0 Å². The van der Waals surface area contributed by atoms with Gasteiger partial charge < -0.3 is 0 Å². The summed E-state index contributed by atoms with van der Waals surface area (Å²) in [7, 11) is 2.42. The van der Waals surface area contributed by atoms with Gasteiger partial charge in [-0.25, -0.2) is 0 Å². The van der Waals surface area contributed by atoms with Crippen molar-refractivity contribution in [1.29, 1.82) is 0 Å². The molecule has 0 saturated carbocycles. The van der Waals surface area contributed by atoms with Crippen LogP contribution in [-0.2, 0) is 0 Å². The molecule has 0 amide bonds. The summed E-state index contributed by atoms with van der Waals surface area (Å²) in [4.78, 5) is 0. The minimum absolute atomic E-state index is 0.833. The fraction of sp³-hybridized carbons (Fsp3) is 1.00. The van der Waals surface area contributed by atoms with Crippen molar-refractivity contribution in [1.82, 2.24) is 0 Å². The molecule has 1 unspecified atom stereocenters. The zero-order chi connectivity index (χ0) is 9.70. The van der Waals surface area contributed by atoms with E-state index < -0.39 is 0 Å². The molecule has 0 spiro atoms. The SMILES string of the molecule is CC(C)C.CCCCC.CP. The van der Waals surface area contributed by atoms with Crippen molar-refractivity contribution in [2.45, 2.75) is 53.9 Å². The molecule has 0 rings (SSSR count). The summed E-state index contributed by atoms with van der Waals surface area (Å²) in [6.45, 7) is 12.8. The molecule has 0 aromatic rings. The minimum atomic E-state index is 0.833. The van der Waals surface area contributed by atoms with E-state index in [1.807, 2.05) is 6.66 Å². The minimum Gasteiger partial charge on any atom is -0.141 e. The lowest BCUT2D eigenvalue weighted by molar-refractivity contribution is 0.737. The summed E-state index contributed by atoms with van der Waals surface area (Å²) in [6.07, 6.45) is 4.08. The molecule has 0 aromatic heterocycles. The molecule has 0 heterocycles. The third kappa shape index (κ3) is 126. The van der Waals surface area contributed by atoms with Crippen LogP contribution in [0.4, 0.5) is 0 Å². The van der Waals surface area contributed by atoms with Crippen LogP contribution in [0.2, 0.25) is 0 Å². The molecule has 0 saturated heterocycles. The van der Waals surface area contributed by atoms with E-state index in [-0.39, 0.29) is 0 Å². The fourth-order valence-electron chi connectivity index (χ4n) is 0.354. The molecule has 0 radical (unpaired) electrons. The Balaban J connectivity index is -0.0000000965. The molecule has 72 valence electrons. The average molecular weight is 178 g/mol. The maximum Gasteiger partial charge on any atom is -0.0500 e. The standard InChI is InChI=1S/C5H12.C4H10.CH5P/c1-3-5-4-2;1-4(2)3;1-2/h3-5H2,1-2H3;4H,1-3H3;2H2,1H3. The summed E-state index contributed by atoms with van der Waals surface area (Å²) in [6, 6.07) is 0. The Labute approximate surface area is 76.4 Å². The molecule has 0 aromatic carbocycles.